The lowest BCUT2D eigenvalue weighted by molar-refractivity contribution is -0.141. The summed E-state index contributed by atoms with van der Waals surface area (Å²) in [5.41, 5.74) is 0.786. The van der Waals surface area contributed by atoms with Crippen molar-refractivity contribution in [1.29, 1.82) is 0 Å². The van der Waals surface area contributed by atoms with Gasteiger partial charge in [0.1, 0.15) is 0 Å². The van der Waals surface area contributed by atoms with Crippen molar-refractivity contribution in [2.24, 2.45) is 5.92 Å². The summed E-state index contributed by atoms with van der Waals surface area (Å²) in [5.74, 6) is -1.28. The molecule has 6 heteroatoms. The Labute approximate surface area is 119 Å². The Bertz CT molecular complexity index is 667. The number of fused-ring (bicyclic) bond motifs is 1. The van der Waals surface area contributed by atoms with E-state index in [0.29, 0.717) is 13.0 Å². The molecular weight excluding hydrogens is 276 g/mol. The van der Waals surface area contributed by atoms with E-state index < -0.39 is 11.9 Å². The minimum atomic E-state index is -0.832. The van der Waals surface area contributed by atoms with Gasteiger partial charge in [-0.15, -0.1) is 11.3 Å². The normalized spacial score (nSPS) is 18.4. The number of nitrogens with zero attached hydrogens (tertiary/aromatic N) is 1. The van der Waals surface area contributed by atoms with E-state index in [1.165, 1.54) is 0 Å². The zero-order chi connectivity index (χ0) is 14.1. The SMILES string of the molecule is O=C(O)C1CCN(C(=O)Nc2csc3ccccc23)C1. The van der Waals surface area contributed by atoms with Gasteiger partial charge in [-0.1, -0.05) is 18.2 Å². The van der Waals surface area contributed by atoms with Gasteiger partial charge in [-0.3, -0.25) is 4.79 Å². The van der Waals surface area contributed by atoms with Gasteiger partial charge in [-0.05, 0) is 12.5 Å². The molecule has 1 aromatic carbocycles. The van der Waals surface area contributed by atoms with Crippen molar-refractivity contribution in [2.75, 3.05) is 18.4 Å². The number of hydrogen-bond acceptors (Lipinski definition) is 3. The summed E-state index contributed by atoms with van der Waals surface area (Å²) in [4.78, 5) is 24.6. The first-order valence-electron chi connectivity index (χ1n) is 6.40. The molecule has 0 radical (unpaired) electrons. The predicted molar refractivity (Wildman–Crippen MR) is 78.2 cm³/mol. The minimum Gasteiger partial charge on any atom is -0.481 e. The van der Waals surface area contributed by atoms with Crippen molar-refractivity contribution in [3.05, 3.63) is 29.6 Å². The Morgan fingerprint density at radius 3 is 2.90 bits per heavy atom. The van der Waals surface area contributed by atoms with Crippen LogP contribution in [0.2, 0.25) is 0 Å². The molecule has 1 aliphatic rings. The molecule has 20 heavy (non-hydrogen) atoms. The van der Waals surface area contributed by atoms with E-state index >= 15 is 0 Å². The molecule has 5 nitrogen and oxygen atoms in total. The quantitative estimate of drug-likeness (QED) is 0.893. The fourth-order valence-electron chi connectivity index (χ4n) is 2.42. The van der Waals surface area contributed by atoms with Crippen LogP contribution in [0.15, 0.2) is 29.6 Å². The second-order valence-corrected chi connectivity index (χ2v) is 5.76. The monoisotopic (exact) mass is 290 g/mol. The largest absolute Gasteiger partial charge is 0.481 e. The molecule has 0 bridgehead atoms. The van der Waals surface area contributed by atoms with Crippen molar-refractivity contribution < 1.29 is 14.7 Å². The number of thiophene rings is 1. The van der Waals surface area contributed by atoms with Crippen LogP contribution >= 0.6 is 11.3 Å². The zero-order valence-electron chi connectivity index (χ0n) is 10.7. The smallest absolute Gasteiger partial charge is 0.321 e. The van der Waals surface area contributed by atoms with Gasteiger partial charge in [0.25, 0.3) is 0 Å². The fraction of sp³-hybridized carbons (Fsp3) is 0.286. The highest BCUT2D eigenvalue weighted by Crippen LogP contribution is 2.30. The molecule has 104 valence electrons. The Morgan fingerprint density at radius 1 is 1.35 bits per heavy atom. The molecule has 0 saturated carbocycles. The molecule has 2 amide bonds. The number of carboxylic acid groups (broad SMARTS) is 1. The molecule has 3 rings (SSSR count). The number of carboxylic acids is 1. The van der Waals surface area contributed by atoms with Crippen LogP contribution in [0.1, 0.15) is 6.42 Å². The van der Waals surface area contributed by atoms with Crippen LogP contribution in [-0.4, -0.2) is 35.1 Å². The van der Waals surface area contributed by atoms with Crippen LogP contribution < -0.4 is 5.32 Å². The van der Waals surface area contributed by atoms with Gasteiger partial charge < -0.3 is 15.3 Å². The summed E-state index contributed by atoms with van der Waals surface area (Å²) in [5, 5.41) is 14.7. The van der Waals surface area contributed by atoms with E-state index in [0.717, 1.165) is 15.8 Å². The standard InChI is InChI=1S/C14H14N2O3S/c17-13(18)9-5-6-16(7-9)14(19)15-11-8-20-12-4-2-1-3-10(11)12/h1-4,8-9H,5-7H2,(H,15,19)(H,17,18). The summed E-state index contributed by atoms with van der Waals surface area (Å²) in [7, 11) is 0. The predicted octanol–water partition coefficient (Wildman–Crippen LogP) is 2.84. The summed E-state index contributed by atoms with van der Waals surface area (Å²) in [6.07, 6.45) is 0.521. The van der Waals surface area contributed by atoms with Crippen molar-refractivity contribution in [3.8, 4) is 0 Å². The van der Waals surface area contributed by atoms with E-state index in [1.54, 1.807) is 16.2 Å². The number of urea groups is 1. The van der Waals surface area contributed by atoms with Gasteiger partial charge in [-0.2, -0.15) is 0 Å². The van der Waals surface area contributed by atoms with Gasteiger partial charge in [0.15, 0.2) is 0 Å². The number of aliphatic carboxylic acids is 1. The minimum absolute atomic E-state index is 0.225. The third-order valence-electron chi connectivity index (χ3n) is 3.55. The maximum absolute atomic E-state index is 12.2. The lowest BCUT2D eigenvalue weighted by Gasteiger charge is -2.16. The molecule has 1 unspecified atom stereocenters. The number of carbonyl (C=O) groups is 2. The number of carbonyl (C=O) groups excluding carboxylic acids is 1. The summed E-state index contributed by atoms with van der Waals surface area (Å²) in [6, 6.07) is 7.64. The molecule has 1 aromatic heterocycles. The molecule has 2 aromatic rings. The van der Waals surface area contributed by atoms with Crippen molar-refractivity contribution in [3.63, 3.8) is 0 Å². The molecule has 0 aliphatic carbocycles. The van der Waals surface area contributed by atoms with Crippen molar-refractivity contribution in [1.82, 2.24) is 4.90 Å². The second kappa shape index (κ2) is 5.13. The molecule has 1 saturated heterocycles. The third-order valence-corrected chi connectivity index (χ3v) is 4.51. The van der Waals surface area contributed by atoms with E-state index in [9.17, 15) is 9.59 Å². The van der Waals surface area contributed by atoms with Crippen LogP contribution in [0.3, 0.4) is 0 Å². The Kier molecular flexibility index (Phi) is 3.31. The fourth-order valence-corrected chi connectivity index (χ4v) is 3.31. The highest BCUT2D eigenvalue weighted by molar-refractivity contribution is 7.17. The number of nitrogens with one attached hydrogen (secondary N) is 1. The zero-order valence-corrected chi connectivity index (χ0v) is 11.5. The van der Waals surface area contributed by atoms with Crippen LogP contribution in [0, 0.1) is 5.92 Å². The maximum atomic E-state index is 12.2. The van der Waals surface area contributed by atoms with E-state index in [-0.39, 0.29) is 12.6 Å². The Morgan fingerprint density at radius 2 is 2.15 bits per heavy atom. The Hall–Kier alpha value is -2.08. The van der Waals surface area contributed by atoms with Crippen molar-refractivity contribution >= 4 is 39.1 Å². The van der Waals surface area contributed by atoms with Gasteiger partial charge in [0.05, 0.1) is 11.6 Å². The highest BCUT2D eigenvalue weighted by atomic mass is 32.1. The highest BCUT2D eigenvalue weighted by Gasteiger charge is 2.31. The van der Waals surface area contributed by atoms with E-state index in [1.807, 2.05) is 29.6 Å². The van der Waals surface area contributed by atoms with Crippen LogP contribution in [0.25, 0.3) is 10.1 Å². The van der Waals surface area contributed by atoms with Gasteiger partial charge in [-0.25, -0.2) is 4.79 Å². The third kappa shape index (κ3) is 2.34. The lowest BCUT2D eigenvalue weighted by Crippen LogP contribution is -2.33. The molecule has 0 spiro atoms. The topological polar surface area (TPSA) is 69.6 Å². The summed E-state index contributed by atoms with van der Waals surface area (Å²) < 4.78 is 1.12. The number of anilines is 1. The number of amides is 2. The lowest BCUT2D eigenvalue weighted by atomic mass is 10.1. The molecular formula is C14H14N2O3S. The average molecular weight is 290 g/mol. The van der Waals surface area contributed by atoms with Crippen LogP contribution in [-0.2, 0) is 4.79 Å². The molecule has 2 N–H and O–H groups in total. The first-order valence-corrected chi connectivity index (χ1v) is 7.28. The van der Waals surface area contributed by atoms with E-state index in [4.69, 9.17) is 5.11 Å². The van der Waals surface area contributed by atoms with Crippen LogP contribution in [0.4, 0.5) is 10.5 Å². The maximum Gasteiger partial charge on any atom is 0.321 e. The average Bonchev–Trinajstić information content (AvgIpc) is 3.06. The van der Waals surface area contributed by atoms with Crippen molar-refractivity contribution in [2.45, 2.75) is 6.42 Å². The number of hydrogen-bond donors (Lipinski definition) is 2. The Balaban J connectivity index is 1.72. The number of likely N-dealkylation sites (tertiary alicyclic amines) is 1. The van der Waals surface area contributed by atoms with Gasteiger partial charge in [0.2, 0.25) is 0 Å². The summed E-state index contributed by atoms with van der Waals surface area (Å²) in [6.45, 7) is 0.772. The second-order valence-electron chi connectivity index (χ2n) is 4.85. The van der Waals surface area contributed by atoms with Crippen LogP contribution in [0.5, 0.6) is 0 Å². The number of benzene rings is 1. The molecule has 2 heterocycles. The van der Waals surface area contributed by atoms with Gasteiger partial charge in [0, 0.05) is 28.6 Å². The van der Waals surface area contributed by atoms with E-state index in [2.05, 4.69) is 5.32 Å². The molecule has 1 atom stereocenters. The molecule has 1 fully saturated rings. The first kappa shape index (κ1) is 12.9. The van der Waals surface area contributed by atoms with Gasteiger partial charge >= 0.3 is 12.0 Å². The molecule has 1 aliphatic heterocycles. The summed E-state index contributed by atoms with van der Waals surface area (Å²) >= 11 is 1.58. The number of rotatable bonds is 2. The first-order chi connectivity index (χ1) is 9.65.